The predicted molar refractivity (Wildman–Crippen MR) is 24.6 cm³/mol. The Morgan fingerprint density at radius 1 is 1.71 bits per heavy atom. The molecule has 1 heterocycles. The quantitative estimate of drug-likeness (QED) is 0.476. The minimum Gasteiger partial charge on any atom is -0.353 e. The van der Waals surface area contributed by atoms with Crippen LogP contribution in [0.5, 0.6) is 0 Å². The molecule has 1 aliphatic rings. The molecule has 1 rings (SSSR count). The van der Waals surface area contributed by atoms with Gasteiger partial charge in [-0.2, -0.15) is 0 Å². The van der Waals surface area contributed by atoms with Crippen molar-refractivity contribution in [2.45, 2.75) is 12.5 Å². The van der Waals surface area contributed by atoms with Crippen LogP contribution in [0.3, 0.4) is 0 Å². The molecular weight excluding hydrogens is 92.1 g/mol. The van der Waals surface area contributed by atoms with E-state index in [1.165, 1.54) is 0 Å². The molecule has 0 N–H and O–H groups in total. The first kappa shape index (κ1) is 5.06. The van der Waals surface area contributed by atoms with E-state index in [9.17, 15) is 0 Å². The van der Waals surface area contributed by atoms with Gasteiger partial charge >= 0.3 is 0 Å². The van der Waals surface area contributed by atoms with Gasteiger partial charge in [0.2, 0.25) is 0 Å². The predicted octanol–water partition coefficient (Wildman–Crippen LogP) is 0.460. The summed E-state index contributed by atoms with van der Waals surface area (Å²) in [5.41, 5.74) is 0. The molecule has 0 spiro atoms. The van der Waals surface area contributed by atoms with Crippen LogP contribution in [0.25, 0.3) is 0 Å². The van der Waals surface area contributed by atoms with Crippen LogP contribution in [0, 0.1) is 6.92 Å². The second-order valence-corrected chi connectivity index (χ2v) is 1.51. The maximum atomic E-state index is 5.23. The van der Waals surface area contributed by atoms with Crippen molar-refractivity contribution in [1.29, 1.82) is 0 Å². The molecule has 2 nitrogen and oxygen atoms in total. The van der Waals surface area contributed by atoms with Crippen molar-refractivity contribution in [3.8, 4) is 0 Å². The molecule has 0 amide bonds. The first-order valence-electron chi connectivity index (χ1n) is 2.33. The molecule has 40 valence electrons. The summed E-state index contributed by atoms with van der Waals surface area (Å²) in [6.07, 6.45) is 0.722. The first-order chi connectivity index (χ1) is 3.43. The van der Waals surface area contributed by atoms with Gasteiger partial charge in [-0.25, -0.2) is 0 Å². The van der Waals surface area contributed by atoms with E-state index in [1.807, 2.05) is 0 Å². The number of hydrogen-bond acceptors (Lipinski definition) is 2. The van der Waals surface area contributed by atoms with E-state index in [0.717, 1.165) is 0 Å². The Balaban J connectivity index is 2.14. The summed E-state index contributed by atoms with van der Waals surface area (Å²) in [6.45, 7) is 6.31. The van der Waals surface area contributed by atoms with Crippen molar-refractivity contribution in [3.05, 3.63) is 6.92 Å². The topological polar surface area (TPSA) is 18.5 Å². The first-order valence-corrected chi connectivity index (χ1v) is 2.33. The Labute approximate surface area is 43.4 Å². The van der Waals surface area contributed by atoms with Crippen LogP contribution in [0.4, 0.5) is 0 Å². The average Bonchev–Trinajstić information content (AvgIpc) is 2.14. The Morgan fingerprint density at radius 3 is 2.86 bits per heavy atom. The van der Waals surface area contributed by atoms with Gasteiger partial charge in [0, 0.05) is 0 Å². The van der Waals surface area contributed by atoms with Crippen LogP contribution >= 0.6 is 0 Å². The normalized spacial score (nSPS) is 31.3. The molecule has 7 heavy (non-hydrogen) atoms. The van der Waals surface area contributed by atoms with Gasteiger partial charge in [-0.3, -0.25) is 0 Å². The van der Waals surface area contributed by atoms with Gasteiger partial charge in [0.05, 0.1) is 12.7 Å². The van der Waals surface area contributed by atoms with Gasteiger partial charge in [0.1, 0.15) is 6.79 Å². The third-order valence-electron chi connectivity index (χ3n) is 0.954. The molecule has 0 aliphatic carbocycles. The molecule has 1 fully saturated rings. The summed E-state index contributed by atoms with van der Waals surface area (Å²) in [5.74, 6) is 0. The fourth-order valence-corrected chi connectivity index (χ4v) is 0.508. The van der Waals surface area contributed by atoms with E-state index < -0.39 is 0 Å². The smallest absolute Gasteiger partial charge is 0.147 e. The van der Waals surface area contributed by atoms with Crippen molar-refractivity contribution in [3.63, 3.8) is 0 Å². The molecule has 0 aromatic rings. The molecule has 1 unspecified atom stereocenters. The highest BCUT2D eigenvalue weighted by Crippen LogP contribution is 2.04. The van der Waals surface area contributed by atoms with Crippen molar-refractivity contribution >= 4 is 0 Å². The molecule has 1 atom stereocenters. The minimum absolute atomic E-state index is 0.153. The molecule has 1 aliphatic heterocycles. The van der Waals surface area contributed by atoms with E-state index >= 15 is 0 Å². The van der Waals surface area contributed by atoms with E-state index in [1.54, 1.807) is 0 Å². The zero-order valence-electron chi connectivity index (χ0n) is 4.09. The van der Waals surface area contributed by atoms with Gasteiger partial charge in [-0.1, -0.05) is 0 Å². The van der Waals surface area contributed by atoms with E-state index in [0.29, 0.717) is 19.8 Å². The van der Waals surface area contributed by atoms with Gasteiger partial charge in [-0.15, -0.1) is 0 Å². The van der Waals surface area contributed by atoms with Crippen LogP contribution in [0.15, 0.2) is 0 Å². The second kappa shape index (κ2) is 2.28. The zero-order chi connectivity index (χ0) is 5.11. The van der Waals surface area contributed by atoms with Crippen LogP contribution in [0.2, 0.25) is 0 Å². The lowest BCUT2D eigenvalue weighted by molar-refractivity contribution is 0.0475. The molecule has 0 saturated carbocycles. The van der Waals surface area contributed by atoms with Crippen LogP contribution < -0.4 is 0 Å². The Kier molecular flexibility index (Phi) is 1.65. The van der Waals surface area contributed by atoms with Gasteiger partial charge in [-0.05, 0) is 13.3 Å². The Hall–Kier alpha value is -0.0800. The van der Waals surface area contributed by atoms with Crippen LogP contribution in [-0.2, 0) is 9.47 Å². The number of hydrogen-bond donors (Lipinski definition) is 0. The van der Waals surface area contributed by atoms with Crippen LogP contribution in [-0.4, -0.2) is 19.5 Å². The molecule has 2 heteroatoms. The number of ether oxygens (including phenoxy) is 2. The average molecular weight is 100 g/mol. The van der Waals surface area contributed by atoms with E-state index in [2.05, 4.69) is 0 Å². The molecule has 0 bridgehead atoms. The fraction of sp³-hybridized carbons (Fsp3) is 0.800. The van der Waals surface area contributed by atoms with Crippen molar-refractivity contribution in [2.24, 2.45) is 0 Å². The molecule has 1 saturated heterocycles. The van der Waals surface area contributed by atoms with Crippen molar-refractivity contribution in [2.75, 3.05) is 13.4 Å². The third-order valence-corrected chi connectivity index (χ3v) is 0.954. The monoisotopic (exact) mass is 100 g/mol. The highest BCUT2D eigenvalue weighted by Gasteiger charge is 2.12. The third kappa shape index (κ3) is 1.14. The van der Waals surface area contributed by atoms with Gasteiger partial charge in [0.15, 0.2) is 0 Å². The zero-order valence-corrected chi connectivity index (χ0v) is 4.09. The summed E-state index contributed by atoms with van der Waals surface area (Å²) in [6, 6.07) is 0. The maximum Gasteiger partial charge on any atom is 0.147 e. The van der Waals surface area contributed by atoms with Crippen LogP contribution in [0.1, 0.15) is 6.42 Å². The number of rotatable bonds is 1. The lowest BCUT2D eigenvalue weighted by Crippen LogP contribution is -2.05. The lowest BCUT2D eigenvalue weighted by Gasteiger charge is -1.98. The molecule has 2 radical (unpaired) electrons. The Bertz CT molecular complexity index is 48.0. The fourth-order valence-electron chi connectivity index (χ4n) is 0.508. The molecule has 0 aromatic heterocycles. The lowest BCUT2D eigenvalue weighted by atomic mass is 10.3. The molecular formula is C5H8O2. The summed E-state index contributed by atoms with van der Waals surface area (Å²) in [5, 5.41) is 0. The van der Waals surface area contributed by atoms with Crippen molar-refractivity contribution < 1.29 is 9.47 Å². The summed E-state index contributed by atoms with van der Waals surface area (Å²) in [7, 11) is 0. The minimum atomic E-state index is 0.153. The standard InChI is InChI=1S/C5H8O2/c1-2-5-3-6-4-7-5/h1,5H,2-4H2. The van der Waals surface area contributed by atoms with Crippen molar-refractivity contribution in [1.82, 2.24) is 0 Å². The maximum absolute atomic E-state index is 5.23. The molecule has 0 aromatic carbocycles. The largest absolute Gasteiger partial charge is 0.353 e. The summed E-state index contributed by atoms with van der Waals surface area (Å²) >= 11 is 0. The second-order valence-electron chi connectivity index (χ2n) is 1.51. The highest BCUT2D eigenvalue weighted by atomic mass is 16.7. The highest BCUT2D eigenvalue weighted by molar-refractivity contribution is 4.59. The summed E-state index contributed by atoms with van der Waals surface area (Å²) in [4.78, 5) is 0. The Morgan fingerprint density at radius 2 is 2.57 bits per heavy atom. The van der Waals surface area contributed by atoms with E-state index in [4.69, 9.17) is 16.4 Å². The van der Waals surface area contributed by atoms with E-state index in [-0.39, 0.29) is 6.10 Å². The van der Waals surface area contributed by atoms with Gasteiger partial charge in [0.25, 0.3) is 0 Å². The summed E-state index contributed by atoms with van der Waals surface area (Å²) < 4.78 is 9.80. The SMILES string of the molecule is [CH]CC1COCO1. The van der Waals surface area contributed by atoms with Gasteiger partial charge < -0.3 is 9.47 Å².